The molecule has 0 saturated heterocycles. The van der Waals surface area contributed by atoms with Gasteiger partial charge < -0.3 is 10.4 Å². The van der Waals surface area contributed by atoms with E-state index in [1.165, 1.54) is 5.69 Å². The maximum atomic E-state index is 8.60. The summed E-state index contributed by atoms with van der Waals surface area (Å²) >= 11 is 1.89. The Morgan fingerprint density at radius 2 is 2.31 bits per heavy atom. The molecule has 0 aliphatic heterocycles. The molecular weight excluding hydrogens is 222 g/mol. The summed E-state index contributed by atoms with van der Waals surface area (Å²) in [7, 11) is 1.97. The van der Waals surface area contributed by atoms with Gasteiger partial charge in [0.15, 0.2) is 0 Å². The normalized spacial score (nSPS) is 10.9. The minimum absolute atomic E-state index is 0.306. The first kappa shape index (κ1) is 13.5. The Labute approximate surface area is 101 Å². The van der Waals surface area contributed by atoms with Gasteiger partial charge in [-0.2, -0.15) is 16.9 Å². The van der Waals surface area contributed by atoms with Gasteiger partial charge >= 0.3 is 0 Å². The van der Waals surface area contributed by atoms with Crippen molar-refractivity contribution < 1.29 is 5.11 Å². The predicted molar refractivity (Wildman–Crippen MR) is 68.8 cm³/mol. The zero-order chi connectivity index (χ0) is 11.6. The van der Waals surface area contributed by atoms with Gasteiger partial charge in [-0.3, -0.25) is 4.68 Å². The largest absolute Gasteiger partial charge is 0.396 e. The summed E-state index contributed by atoms with van der Waals surface area (Å²) in [6.07, 6.45) is 3.76. The SMILES string of the molecule is Cn1nccc1CCNCCSCCCO. The number of nitrogens with one attached hydrogen (secondary N) is 1. The molecule has 0 saturated carbocycles. The van der Waals surface area contributed by atoms with E-state index in [0.717, 1.165) is 37.4 Å². The zero-order valence-electron chi connectivity index (χ0n) is 9.85. The Kier molecular flexibility index (Phi) is 7.29. The van der Waals surface area contributed by atoms with Crippen LogP contribution in [0.2, 0.25) is 0 Å². The lowest BCUT2D eigenvalue weighted by Crippen LogP contribution is -2.21. The van der Waals surface area contributed by atoms with E-state index in [-0.39, 0.29) is 0 Å². The van der Waals surface area contributed by atoms with Crippen LogP contribution in [-0.4, -0.2) is 46.1 Å². The van der Waals surface area contributed by atoms with Crippen molar-refractivity contribution in [1.82, 2.24) is 15.1 Å². The predicted octanol–water partition coefficient (Wildman–Crippen LogP) is 0.668. The lowest BCUT2D eigenvalue weighted by atomic mass is 10.3. The molecule has 2 N–H and O–H groups in total. The number of hydrogen-bond acceptors (Lipinski definition) is 4. The first-order valence-electron chi connectivity index (χ1n) is 5.71. The van der Waals surface area contributed by atoms with Crippen molar-refractivity contribution in [1.29, 1.82) is 0 Å². The molecule has 0 amide bonds. The van der Waals surface area contributed by atoms with E-state index in [1.54, 1.807) is 0 Å². The molecule has 92 valence electrons. The van der Waals surface area contributed by atoms with E-state index >= 15 is 0 Å². The number of nitrogens with zero attached hydrogens (tertiary/aromatic N) is 2. The maximum Gasteiger partial charge on any atom is 0.0492 e. The molecule has 0 aromatic carbocycles. The standard InChI is InChI=1S/C11H21N3OS/c1-14-11(4-6-13-14)3-5-12-7-10-16-9-2-8-15/h4,6,12,15H,2-3,5,7-10H2,1H3. The Morgan fingerprint density at radius 3 is 3.00 bits per heavy atom. The van der Waals surface area contributed by atoms with Crippen LogP contribution in [0.5, 0.6) is 0 Å². The molecule has 0 atom stereocenters. The van der Waals surface area contributed by atoms with Gasteiger partial charge in [0.1, 0.15) is 0 Å². The summed E-state index contributed by atoms with van der Waals surface area (Å²) in [6, 6.07) is 2.05. The quantitative estimate of drug-likeness (QED) is 0.626. The van der Waals surface area contributed by atoms with Crippen LogP contribution in [-0.2, 0) is 13.5 Å². The molecular formula is C11H21N3OS. The summed E-state index contributed by atoms with van der Waals surface area (Å²) in [4.78, 5) is 0. The minimum atomic E-state index is 0.306. The number of aromatic nitrogens is 2. The minimum Gasteiger partial charge on any atom is -0.396 e. The summed E-state index contributed by atoms with van der Waals surface area (Å²) in [6.45, 7) is 2.34. The highest BCUT2D eigenvalue weighted by Crippen LogP contribution is 2.00. The molecule has 0 unspecified atom stereocenters. The second kappa shape index (κ2) is 8.61. The molecule has 0 aliphatic carbocycles. The molecule has 1 rings (SSSR count). The van der Waals surface area contributed by atoms with E-state index in [9.17, 15) is 0 Å². The maximum absolute atomic E-state index is 8.60. The van der Waals surface area contributed by atoms with Gasteiger partial charge in [0.05, 0.1) is 0 Å². The van der Waals surface area contributed by atoms with E-state index < -0.39 is 0 Å². The Bertz CT molecular complexity index is 278. The molecule has 0 bridgehead atoms. The first-order valence-corrected chi connectivity index (χ1v) is 6.86. The van der Waals surface area contributed by atoms with Gasteiger partial charge in [-0.1, -0.05) is 0 Å². The van der Waals surface area contributed by atoms with Crippen molar-refractivity contribution in [2.24, 2.45) is 7.05 Å². The number of aliphatic hydroxyl groups excluding tert-OH is 1. The lowest BCUT2D eigenvalue weighted by Gasteiger charge is -2.04. The highest BCUT2D eigenvalue weighted by molar-refractivity contribution is 7.99. The number of rotatable bonds is 9. The molecule has 0 radical (unpaired) electrons. The average molecular weight is 243 g/mol. The Hall–Kier alpha value is -0.520. The molecule has 1 aromatic rings. The van der Waals surface area contributed by atoms with Crippen LogP contribution >= 0.6 is 11.8 Å². The van der Waals surface area contributed by atoms with Crippen LogP contribution in [0, 0.1) is 0 Å². The summed E-state index contributed by atoms with van der Waals surface area (Å²) in [5.74, 6) is 2.17. The third kappa shape index (κ3) is 5.53. The monoisotopic (exact) mass is 243 g/mol. The Morgan fingerprint density at radius 1 is 1.44 bits per heavy atom. The number of aliphatic hydroxyl groups is 1. The fourth-order valence-corrected chi connectivity index (χ4v) is 2.23. The van der Waals surface area contributed by atoms with Gasteiger partial charge in [-0.05, 0) is 18.2 Å². The van der Waals surface area contributed by atoms with Gasteiger partial charge in [-0.15, -0.1) is 0 Å². The fraction of sp³-hybridized carbons (Fsp3) is 0.727. The van der Waals surface area contributed by atoms with Gasteiger partial charge in [0.2, 0.25) is 0 Å². The van der Waals surface area contributed by atoms with E-state index in [1.807, 2.05) is 29.7 Å². The molecule has 1 aromatic heterocycles. The summed E-state index contributed by atoms with van der Waals surface area (Å²) < 4.78 is 1.91. The van der Waals surface area contributed by atoms with Crippen molar-refractivity contribution in [3.8, 4) is 0 Å². The van der Waals surface area contributed by atoms with Crippen LogP contribution in [0.4, 0.5) is 0 Å². The highest BCUT2D eigenvalue weighted by Gasteiger charge is 1.97. The number of hydrogen-bond donors (Lipinski definition) is 2. The second-order valence-electron chi connectivity index (χ2n) is 3.64. The molecule has 0 spiro atoms. The topological polar surface area (TPSA) is 50.1 Å². The van der Waals surface area contributed by atoms with Gasteiger partial charge in [-0.25, -0.2) is 0 Å². The zero-order valence-corrected chi connectivity index (χ0v) is 10.7. The molecule has 5 heteroatoms. The van der Waals surface area contributed by atoms with Crippen molar-refractivity contribution in [3.05, 3.63) is 18.0 Å². The van der Waals surface area contributed by atoms with E-state index in [4.69, 9.17) is 5.11 Å². The van der Waals surface area contributed by atoms with Crippen LogP contribution < -0.4 is 5.32 Å². The molecule has 1 heterocycles. The van der Waals surface area contributed by atoms with Crippen LogP contribution in [0.15, 0.2) is 12.3 Å². The van der Waals surface area contributed by atoms with E-state index in [0.29, 0.717) is 6.61 Å². The van der Waals surface area contributed by atoms with Gasteiger partial charge in [0, 0.05) is 50.8 Å². The van der Waals surface area contributed by atoms with Crippen LogP contribution in [0.25, 0.3) is 0 Å². The Balaban J connectivity index is 1.91. The average Bonchev–Trinajstić information content (AvgIpc) is 2.68. The third-order valence-corrected chi connectivity index (χ3v) is 3.42. The van der Waals surface area contributed by atoms with Crippen molar-refractivity contribution in [2.45, 2.75) is 12.8 Å². The third-order valence-electron chi connectivity index (χ3n) is 2.35. The van der Waals surface area contributed by atoms with Crippen LogP contribution in [0.1, 0.15) is 12.1 Å². The number of thioether (sulfide) groups is 1. The van der Waals surface area contributed by atoms with Crippen molar-refractivity contribution in [3.63, 3.8) is 0 Å². The van der Waals surface area contributed by atoms with Crippen molar-refractivity contribution in [2.75, 3.05) is 31.2 Å². The second-order valence-corrected chi connectivity index (χ2v) is 4.86. The molecule has 0 fully saturated rings. The molecule has 0 aliphatic rings. The van der Waals surface area contributed by atoms with Crippen molar-refractivity contribution >= 4 is 11.8 Å². The summed E-state index contributed by atoms with van der Waals surface area (Å²) in [5.41, 5.74) is 1.26. The number of aryl methyl sites for hydroxylation is 1. The summed E-state index contributed by atoms with van der Waals surface area (Å²) in [5, 5.41) is 16.1. The molecule has 4 nitrogen and oxygen atoms in total. The fourth-order valence-electron chi connectivity index (χ4n) is 1.40. The smallest absolute Gasteiger partial charge is 0.0492 e. The van der Waals surface area contributed by atoms with Gasteiger partial charge in [0.25, 0.3) is 0 Å². The first-order chi connectivity index (χ1) is 7.84. The highest BCUT2D eigenvalue weighted by atomic mass is 32.2. The lowest BCUT2D eigenvalue weighted by molar-refractivity contribution is 0.296. The molecule has 16 heavy (non-hydrogen) atoms. The van der Waals surface area contributed by atoms with Crippen LogP contribution in [0.3, 0.4) is 0 Å². The van der Waals surface area contributed by atoms with E-state index in [2.05, 4.69) is 16.5 Å².